The van der Waals surface area contributed by atoms with Crippen molar-refractivity contribution < 1.29 is 18.4 Å². The molecule has 1 aromatic carbocycles. The van der Waals surface area contributed by atoms with Crippen LogP contribution in [0.2, 0.25) is 0 Å². The quantitative estimate of drug-likeness (QED) is 0.624. The van der Waals surface area contributed by atoms with Gasteiger partial charge in [0.15, 0.2) is 0 Å². The molecule has 1 amide bonds. The van der Waals surface area contributed by atoms with Crippen molar-refractivity contribution in [2.45, 2.75) is 10.7 Å². The third kappa shape index (κ3) is 1.85. The number of amides is 1. The van der Waals surface area contributed by atoms with E-state index in [0.717, 1.165) is 0 Å². The molecular formula is C9H5F2NO2S. The Hall–Kier alpha value is -1.43. The van der Waals surface area contributed by atoms with E-state index in [-0.39, 0.29) is 10.5 Å². The lowest BCUT2D eigenvalue weighted by Gasteiger charge is -2.01. The highest BCUT2D eigenvalue weighted by atomic mass is 32.2. The minimum Gasteiger partial charge on any atom is -0.318 e. The topological polar surface area (TPSA) is 46.2 Å². The predicted octanol–water partition coefficient (Wildman–Crippen LogP) is 2.14. The van der Waals surface area contributed by atoms with Crippen LogP contribution in [-0.2, 0) is 4.79 Å². The van der Waals surface area contributed by atoms with Gasteiger partial charge < -0.3 is 5.32 Å². The van der Waals surface area contributed by atoms with Crippen molar-refractivity contribution in [1.82, 2.24) is 0 Å². The van der Waals surface area contributed by atoms with Crippen molar-refractivity contribution >= 4 is 29.1 Å². The first-order chi connectivity index (χ1) is 7.08. The van der Waals surface area contributed by atoms with Crippen LogP contribution in [0.25, 0.3) is 0 Å². The van der Waals surface area contributed by atoms with Crippen LogP contribution < -0.4 is 5.32 Å². The highest BCUT2D eigenvalue weighted by Crippen LogP contribution is 2.31. The second-order valence-electron chi connectivity index (χ2n) is 2.87. The van der Waals surface area contributed by atoms with E-state index in [4.69, 9.17) is 0 Å². The monoisotopic (exact) mass is 229 g/mol. The molecule has 0 unspecified atom stereocenters. The Morgan fingerprint density at radius 1 is 1.27 bits per heavy atom. The molecular weight excluding hydrogens is 224 g/mol. The summed E-state index contributed by atoms with van der Waals surface area (Å²) in [4.78, 5) is 22.4. The van der Waals surface area contributed by atoms with E-state index in [9.17, 15) is 18.4 Å². The fraction of sp³-hybridized carbons (Fsp3) is 0.111. The molecule has 0 atom stereocenters. The average Bonchev–Trinajstić information content (AvgIpc) is 2.43. The first-order valence-corrected chi connectivity index (χ1v) is 4.90. The zero-order valence-electron chi connectivity index (χ0n) is 7.29. The van der Waals surface area contributed by atoms with Crippen molar-refractivity contribution in [2.24, 2.45) is 0 Å². The number of hydrogen-bond acceptors (Lipinski definition) is 3. The Balaban J connectivity index is 2.35. The Morgan fingerprint density at radius 2 is 2.00 bits per heavy atom. The third-order valence-electron chi connectivity index (χ3n) is 1.92. The highest BCUT2D eigenvalue weighted by Gasteiger charge is 2.28. The van der Waals surface area contributed by atoms with Gasteiger partial charge in [-0.1, -0.05) is 11.8 Å². The number of alkyl halides is 2. The maximum absolute atomic E-state index is 12.0. The number of benzene rings is 1. The largest absolute Gasteiger partial charge is 0.318 e. The fourth-order valence-electron chi connectivity index (χ4n) is 1.30. The summed E-state index contributed by atoms with van der Waals surface area (Å²) < 4.78 is 24.1. The van der Waals surface area contributed by atoms with Crippen molar-refractivity contribution in [3.63, 3.8) is 0 Å². The van der Waals surface area contributed by atoms with Crippen LogP contribution in [0.15, 0.2) is 23.1 Å². The number of rotatable bonds is 2. The van der Waals surface area contributed by atoms with Crippen molar-refractivity contribution in [3.05, 3.63) is 23.8 Å². The lowest BCUT2D eigenvalue weighted by Crippen LogP contribution is -2.12. The van der Waals surface area contributed by atoms with Crippen LogP contribution in [-0.4, -0.2) is 17.4 Å². The van der Waals surface area contributed by atoms with Crippen molar-refractivity contribution in [1.29, 1.82) is 0 Å². The second kappa shape index (κ2) is 3.62. The van der Waals surface area contributed by atoms with Gasteiger partial charge in [0.1, 0.15) is 0 Å². The summed E-state index contributed by atoms with van der Waals surface area (Å²) in [6.07, 6.45) is 0. The Labute approximate surface area is 87.8 Å². The van der Waals surface area contributed by atoms with Gasteiger partial charge in [0.25, 0.3) is 17.4 Å². The minimum absolute atomic E-state index is 0.158. The molecule has 0 radical (unpaired) electrons. The van der Waals surface area contributed by atoms with Gasteiger partial charge >= 0.3 is 0 Å². The van der Waals surface area contributed by atoms with Crippen LogP contribution in [0, 0.1) is 0 Å². The SMILES string of the molecule is O=C1Nc2ccc(SC(F)F)cc2C1=O. The first-order valence-electron chi connectivity index (χ1n) is 4.02. The minimum atomic E-state index is -2.54. The van der Waals surface area contributed by atoms with E-state index in [2.05, 4.69) is 5.32 Å². The summed E-state index contributed by atoms with van der Waals surface area (Å²) in [5, 5.41) is 2.34. The number of hydrogen-bond donors (Lipinski definition) is 1. The predicted molar refractivity (Wildman–Crippen MR) is 51.3 cm³/mol. The van der Waals surface area contributed by atoms with Crippen molar-refractivity contribution in [3.8, 4) is 0 Å². The summed E-state index contributed by atoms with van der Waals surface area (Å²) in [7, 11) is 0. The molecule has 15 heavy (non-hydrogen) atoms. The van der Waals surface area contributed by atoms with Crippen LogP contribution in [0.3, 0.4) is 0 Å². The van der Waals surface area contributed by atoms with E-state index in [1.54, 1.807) is 0 Å². The molecule has 1 aromatic rings. The maximum Gasteiger partial charge on any atom is 0.296 e. The van der Waals surface area contributed by atoms with E-state index >= 15 is 0 Å². The molecule has 0 aliphatic carbocycles. The van der Waals surface area contributed by atoms with E-state index in [1.165, 1.54) is 18.2 Å². The first kappa shape index (κ1) is 10.1. The number of anilines is 1. The van der Waals surface area contributed by atoms with E-state index < -0.39 is 17.4 Å². The van der Waals surface area contributed by atoms with E-state index in [1.807, 2.05) is 0 Å². The van der Waals surface area contributed by atoms with Gasteiger partial charge in [0.2, 0.25) is 0 Å². The van der Waals surface area contributed by atoms with Gasteiger partial charge in [0.05, 0.1) is 11.3 Å². The van der Waals surface area contributed by atoms with Crippen molar-refractivity contribution in [2.75, 3.05) is 5.32 Å². The summed E-state index contributed by atoms with van der Waals surface area (Å²) in [5.74, 6) is -3.94. The third-order valence-corrected chi connectivity index (χ3v) is 2.62. The zero-order chi connectivity index (χ0) is 11.0. The number of fused-ring (bicyclic) bond motifs is 1. The molecule has 0 aromatic heterocycles. The maximum atomic E-state index is 12.0. The molecule has 1 aliphatic heterocycles. The molecule has 1 N–H and O–H groups in total. The van der Waals surface area contributed by atoms with Gasteiger partial charge in [-0.3, -0.25) is 9.59 Å². The van der Waals surface area contributed by atoms with Crippen LogP contribution in [0.4, 0.5) is 14.5 Å². The second-order valence-corrected chi connectivity index (χ2v) is 3.93. The summed E-state index contributed by atoms with van der Waals surface area (Å²) in [5.41, 5.74) is 0.536. The Morgan fingerprint density at radius 3 is 2.67 bits per heavy atom. The zero-order valence-corrected chi connectivity index (χ0v) is 8.11. The molecule has 6 heteroatoms. The number of ketones is 1. The number of carbonyl (C=O) groups is 2. The lowest BCUT2D eigenvalue weighted by molar-refractivity contribution is -0.112. The molecule has 0 saturated heterocycles. The van der Waals surface area contributed by atoms with Gasteiger partial charge in [-0.25, -0.2) is 0 Å². The molecule has 0 spiro atoms. The van der Waals surface area contributed by atoms with Gasteiger partial charge in [-0.05, 0) is 18.2 Å². The van der Waals surface area contributed by atoms with Gasteiger partial charge in [-0.2, -0.15) is 8.78 Å². The molecule has 0 fully saturated rings. The molecule has 0 saturated carbocycles. The molecule has 0 bridgehead atoms. The molecule has 3 nitrogen and oxygen atoms in total. The van der Waals surface area contributed by atoms with Crippen LogP contribution in [0.1, 0.15) is 10.4 Å². The molecule has 1 aliphatic rings. The van der Waals surface area contributed by atoms with Gasteiger partial charge in [0, 0.05) is 4.90 Å². The lowest BCUT2D eigenvalue weighted by atomic mass is 10.1. The van der Waals surface area contributed by atoms with E-state index in [0.29, 0.717) is 17.4 Å². The van der Waals surface area contributed by atoms with Crippen LogP contribution in [0.5, 0.6) is 0 Å². The molecule has 78 valence electrons. The number of halogens is 2. The number of nitrogens with one attached hydrogen (secondary N) is 1. The Bertz CT molecular complexity index is 448. The Kier molecular flexibility index (Phi) is 2.44. The summed E-state index contributed by atoms with van der Waals surface area (Å²) >= 11 is 0.343. The number of carbonyl (C=O) groups excluding carboxylic acids is 2. The highest BCUT2D eigenvalue weighted by molar-refractivity contribution is 7.99. The standard InChI is InChI=1S/C9H5F2NO2S/c10-9(11)15-4-1-2-6-5(3-4)7(13)8(14)12-6/h1-3,9H,(H,12,13,14). The number of thioether (sulfide) groups is 1. The van der Waals surface area contributed by atoms with Crippen LogP contribution >= 0.6 is 11.8 Å². The fourth-order valence-corrected chi connectivity index (χ4v) is 1.84. The number of Topliss-reactive ketones (excluding diaryl/α,β-unsaturated/α-hetero) is 1. The molecule has 2 rings (SSSR count). The smallest absolute Gasteiger partial charge is 0.296 e. The summed E-state index contributed by atoms with van der Waals surface area (Å²) in [6, 6.07) is 4.18. The molecule has 1 heterocycles. The average molecular weight is 229 g/mol. The normalized spacial score (nSPS) is 14.3. The van der Waals surface area contributed by atoms with Gasteiger partial charge in [-0.15, -0.1) is 0 Å². The summed E-state index contributed by atoms with van der Waals surface area (Å²) in [6.45, 7) is 0.